The smallest absolute Gasteiger partial charge is 0.0905 e. The van der Waals surface area contributed by atoms with Crippen molar-refractivity contribution >= 4 is 11.5 Å². The summed E-state index contributed by atoms with van der Waals surface area (Å²) in [6, 6.07) is 8.44. The number of nitrogens with one attached hydrogen (secondary N) is 1. The first kappa shape index (κ1) is 11.6. The van der Waals surface area contributed by atoms with Crippen molar-refractivity contribution in [3.05, 3.63) is 29.8 Å². The van der Waals surface area contributed by atoms with Crippen LogP contribution in [0.4, 0.5) is 5.69 Å². The zero-order valence-electron chi connectivity index (χ0n) is 9.46. The van der Waals surface area contributed by atoms with E-state index in [9.17, 15) is 0 Å². The number of hydrogen-bond acceptors (Lipinski definition) is 2. The van der Waals surface area contributed by atoms with E-state index in [1.165, 1.54) is 11.3 Å². The number of benzene rings is 1. The van der Waals surface area contributed by atoms with Gasteiger partial charge in [0.15, 0.2) is 0 Å². The first-order valence-electron chi connectivity index (χ1n) is 5.20. The van der Waals surface area contributed by atoms with Crippen molar-refractivity contribution in [2.75, 3.05) is 18.5 Å². The average molecular weight is 205 g/mol. The van der Waals surface area contributed by atoms with Crippen molar-refractivity contribution in [1.29, 1.82) is 5.41 Å². The molecule has 1 rings (SSSR count). The second-order valence-corrected chi connectivity index (χ2v) is 3.89. The van der Waals surface area contributed by atoms with Gasteiger partial charge in [0.05, 0.1) is 5.84 Å². The lowest BCUT2D eigenvalue weighted by Gasteiger charge is -2.19. The topological polar surface area (TPSA) is 53.1 Å². The number of nitrogens with two attached hydrogens (primary N) is 1. The van der Waals surface area contributed by atoms with Crippen LogP contribution < -0.4 is 10.6 Å². The van der Waals surface area contributed by atoms with Gasteiger partial charge < -0.3 is 10.6 Å². The maximum absolute atomic E-state index is 7.13. The predicted molar refractivity (Wildman–Crippen MR) is 65.6 cm³/mol. The molecule has 0 spiro atoms. The van der Waals surface area contributed by atoms with Gasteiger partial charge in [0.1, 0.15) is 0 Å². The third kappa shape index (κ3) is 4.02. The summed E-state index contributed by atoms with van der Waals surface area (Å²) in [5.41, 5.74) is 7.79. The highest BCUT2D eigenvalue weighted by Gasteiger charge is 2.00. The molecule has 0 bridgehead atoms. The molecule has 0 aliphatic rings. The maximum atomic E-state index is 7.13. The molecule has 0 saturated carbocycles. The van der Waals surface area contributed by atoms with Crippen molar-refractivity contribution in [2.45, 2.75) is 19.8 Å². The molecule has 3 nitrogen and oxygen atoms in total. The fraction of sp³-hybridized carbons (Fsp3) is 0.417. The third-order valence-corrected chi connectivity index (χ3v) is 2.41. The molecule has 3 N–H and O–H groups in total. The van der Waals surface area contributed by atoms with Gasteiger partial charge in [0.2, 0.25) is 0 Å². The van der Waals surface area contributed by atoms with Gasteiger partial charge in [-0.25, -0.2) is 0 Å². The van der Waals surface area contributed by atoms with Crippen molar-refractivity contribution in [2.24, 2.45) is 5.73 Å². The number of rotatable bonds is 5. The summed E-state index contributed by atoms with van der Waals surface area (Å²) in [6.45, 7) is 3.02. The minimum absolute atomic E-state index is 0.271. The van der Waals surface area contributed by atoms with E-state index in [4.69, 9.17) is 11.1 Å². The molecule has 0 radical (unpaired) electrons. The molecule has 0 aliphatic carbocycles. The van der Waals surface area contributed by atoms with E-state index in [2.05, 4.69) is 43.1 Å². The Morgan fingerprint density at radius 1 is 1.33 bits per heavy atom. The summed E-state index contributed by atoms with van der Waals surface area (Å²) in [4.78, 5) is 2.18. The second-order valence-electron chi connectivity index (χ2n) is 3.89. The van der Waals surface area contributed by atoms with Gasteiger partial charge >= 0.3 is 0 Å². The minimum Gasteiger partial charge on any atom is -0.388 e. The summed E-state index contributed by atoms with van der Waals surface area (Å²) in [5.74, 6) is 0.271. The maximum Gasteiger partial charge on any atom is 0.0905 e. The van der Waals surface area contributed by atoms with E-state index in [0.29, 0.717) is 6.42 Å². The molecule has 0 amide bonds. The van der Waals surface area contributed by atoms with Crippen LogP contribution in [0.5, 0.6) is 0 Å². The fourth-order valence-corrected chi connectivity index (χ4v) is 1.44. The predicted octanol–water partition coefficient (Wildman–Crippen LogP) is 2.15. The molecule has 15 heavy (non-hydrogen) atoms. The lowest BCUT2D eigenvalue weighted by atomic mass is 10.2. The molecular formula is C12H19N3. The van der Waals surface area contributed by atoms with Gasteiger partial charge in [-0.05, 0) is 25.5 Å². The van der Waals surface area contributed by atoms with Crippen LogP contribution in [0.2, 0.25) is 0 Å². The molecule has 0 atom stereocenters. The molecule has 82 valence electrons. The van der Waals surface area contributed by atoms with E-state index in [0.717, 1.165) is 13.0 Å². The number of hydrogen-bond donors (Lipinski definition) is 2. The van der Waals surface area contributed by atoms with Crippen LogP contribution in [0, 0.1) is 12.3 Å². The molecule has 0 fully saturated rings. The Morgan fingerprint density at radius 3 is 2.47 bits per heavy atom. The first-order chi connectivity index (χ1) is 7.09. The monoisotopic (exact) mass is 205 g/mol. The van der Waals surface area contributed by atoms with E-state index >= 15 is 0 Å². The summed E-state index contributed by atoms with van der Waals surface area (Å²) >= 11 is 0. The van der Waals surface area contributed by atoms with Gasteiger partial charge in [0.25, 0.3) is 0 Å². The largest absolute Gasteiger partial charge is 0.388 e. The number of anilines is 1. The number of amidine groups is 1. The molecule has 1 aromatic carbocycles. The Kier molecular flexibility index (Phi) is 4.16. The van der Waals surface area contributed by atoms with Crippen molar-refractivity contribution in [1.82, 2.24) is 0 Å². The molecule has 0 heterocycles. The highest BCUT2D eigenvalue weighted by molar-refractivity contribution is 5.76. The Morgan fingerprint density at radius 2 is 1.93 bits per heavy atom. The van der Waals surface area contributed by atoms with Gasteiger partial charge in [-0.1, -0.05) is 17.7 Å². The van der Waals surface area contributed by atoms with E-state index in [1.807, 2.05) is 0 Å². The molecule has 0 saturated heterocycles. The van der Waals surface area contributed by atoms with Crippen LogP contribution in [0.25, 0.3) is 0 Å². The van der Waals surface area contributed by atoms with Crippen LogP contribution in [0.15, 0.2) is 24.3 Å². The molecule has 1 aromatic rings. The summed E-state index contributed by atoms with van der Waals surface area (Å²) < 4.78 is 0. The second kappa shape index (κ2) is 5.39. The van der Waals surface area contributed by atoms with E-state index in [-0.39, 0.29) is 5.84 Å². The average Bonchev–Trinajstić information content (AvgIpc) is 2.18. The SMILES string of the molecule is Cc1ccc(N(C)CCCC(=N)N)cc1. The van der Waals surface area contributed by atoms with Crippen LogP contribution in [0.3, 0.4) is 0 Å². The summed E-state index contributed by atoms with van der Waals surface area (Å²) in [5, 5.41) is 7.13. The van der Waals surface area contributed by atoms with E-state index < -0.39 is 0 Å². The van der Waals surface area contributed by atoms with E-state index in [1.54, 1.807) is 0 Å². The minimum atomic E-state index is 0.271. The molecule has 0 unspecified atom stereocenters. The summed E-state index contributed by atoms with van der Waals surface area (Å²) in [7, 11) is 2.06. The normalized spacial score (nSPS) is 10.0. The van der Waals surface area contributed by atoms with Gasteiger partial charge in [-0.2, -0.15) is 0 Å². The third-order valence-electron chi connectivity index (χ3n) is 2.41. The van der Waals surface area contributed by atoms with Crippen LogP contribution in [0.1, 0.15) is 18.4 Å². The summed E-state index contributed by atoms with van der Waals surface area (Å²) in [6.07, 6.45) is 1.61. The van der Waals surface area contributed by atoms with Crippen LogP contribution in [-0.4, -0.2) is 19.4 Å². The lowest BCUT2D eigenvalue weighted by molar-refractivity contribution is 0.811. The fourth-order valence-electron chi connectivity index (χ4n) is 1.44. The van der Waals surface area contributed by atoms with Gasteiger partial charge in [-0.15, -0.1) is 0 Å². The van der Waals surface area contributed by atoms with Crippen LogP contribution in [-0.2, 0) is 0 Å². The first-order valence-corrected chi connectivity index (χ1v) is 5.20. The quantitative estimate of drug-likeness (QED) is 0.571. The molecule has 0 aliphatic heterocycles. The standard InChI is InChI=1S/C12H19N3/c1-10-5-7-11(8-6-10)15(2)9-3-4-12(13)14/h5-8H,3-4,9H2,1-2H3,(H3,13,14). The number of aryl methyl sites for hydroxylation is 1. The van der Waals surface area contributed by atoms with Gasteiger partial charge in [0, 0.05) is 25.7 Å². The molecule has 0 aromatic heterocycles. The Balaban J connectivity index is 2.43. The molecular weight excluding hydrogens is 186 g/mol. The highest BCUT2D eigenvalue weighted by atomic mass is 15.1. The number of nitrogens with zero attached hydrogens (tertiary/aromatic N) is 1. The highest BCUT2D eigenvalue weighted by Crippen LogP contribution is 2.13. The van der Waals surface area contributed by atoms with Gasteiger partial charge in [-0.3, -0.25) is 5.41 Å². The zero-order chi connectivity index (χ0) is 11.3. The van der Waals surface area contributed by atoms with Crippen molar-refractivity contribution < 1.29 is 0 Å². The zero-order valence-corrected chi connectivity index (χ0v) is 9.46. The Hall–Kier alpha value is -1.51. The van der Waals surface area contributed by atoms with Crippen molar-refractivity contribution in [3.8, 4) is 0 Å². The van der Waals surface area contributed by atoms with Crippen LogP contribution >= 0.6 is 0 Å². The Bertz CT molecular complexity index is 316. The lowest BCUT2D eigenvalue weighted by Crippen LogP contribution is -2.20. The van der Waals surface area contributed by atoms with Crippen molar-refractivity contribution in [3.63, 3.8) is 0 Å². The Labute approximate surface area is 91.4 Å². The molecule has 3 heteroatoms.